The fourth-order valence-electron chi connectivity index (χ4n) is 2.97. The Hall–Kier alpha value is -1.07. The number of hydrogen-bond acceptors (Lipinski definition) is 4. The monoisotopic (exact) mass is 280 g/mol. The van der Waals surface area contributed by atoms with Crippen LogP contribution in [0.15, 0.2) is 0 Å². The molecule has 0 atom stereocenters. The van der Waals surface area contributed by atoms with Crippen LogP contribution in [-0.4, -0.2) is 42.6 Å². The molecule has 114 valence electrons. The van der Waals surface area contributed by atoms with E-state index in [2.05, 4.69) is 36.2 Å². The van der Waals surface area contributed by atoms with Crippen LogP contribution < -0.4 is 10.2 Å². The Morgan fingerprint density at radius 1 is 1.40 bits per heavy atom. The van der Waals surface area contributed by atoms with E-state index >= 15 is 0 Å². The molecule has 1 aliphatic heterocycles. The molecule has 0 radical (unpaired) electrons. The molecule has 1 N–H and O–H groups in total. The fraction of sp³-hybridized carbons (Fsp3) is 0.800. The van der Waals surface area contributed by atoms with Crippen LogP contribution in [0.1, 0.15) is 37.4 Å². The minimum atomic E-state index is 0.559. The maximum absolute atomic E-state index is 5.47. The Balaban J connectivity index is 2.15. The quantitative estimate of drug-likeness (QED) is 0.808. The lowest BCUT2D eigenvalue weighted by Crippen LogP contribution is -2.38. The van der Waals surface area contributed by atoms with Crippen molar-refractivity contribution in [3.63, 3.8) is 0 Å². The standard InChI is InChI=1S/C15H28N4O/c1-5-8-16-11-14-12(2)17-19(4)15(14)18(3)13-6-9-20-10-7-13/h13,16H,5-11H2,1-4H3. The van der Waals surface area contributed by atoms with Crippen LogP contribution in [0.5, 0.6) is 0 Å². The van der Waals surface area contributed by atoms with E-state index in [0.717, 1.165) is 51.3 Å². The highest BCUT2D eigenvalue weighted by Crippen LogP contribution is 2.26. The van der Waals surface area contributed by atoms with Crippen molar-refractivity contribution < 1.29 is 4.74 Å². The highest BCUT2D eigenvalue weighted by molar-refractivity contribution is 5.50. The van der Waals surface area contributed by atoms with Crippen molar-refractivity contribution in [1.29, 1.82) is 0 Å². The van der Waals surface area contributed by atoms with E-state index in [9.17, 15) is 0 Å². The maximum Gasteiger partial charge on any atom is 0.131 e. The summed E-state index contributed by atoms with van der Waals surface area (Å²) in [6.45, 7) is 7.98. The van der Waals surface area contributed by atoms with Gasteiger partial charge in [-0.2, -0.15) is 5.10 Å². The molecule has 0 aromatic carbocycles. The lowest BCUT2D eigenvalue weighted by atomic mass is 10.1. The predicted molar refractivity (Wildman–Crippen MR) is 82.2 cm³/mol. The fourth-order valence-corrected chi connectivity index (χ4v) is 2.97. The van der Waals surface area contributed by atoms with Gasteiger partial charge in [0.05, 0.1) is 5.69 Å². The molecule has 1 aromatic rings. The SMILES string of the molecule is CCCNCc1c(C)nn(C)c1N(C)C1CCOCC1. The number of hydrogen-bond donors (Lipinski definition) is 1. The van der Waals surface area contributed by atoms with E-state index in [1.165, 1.54) is 11.4 Å². The summed E-state index contributed by atoms with van der Waals surface area (Å²) in [5.41, 5.74) is 2.46. The number of rotatable bonds is 6. The Morgan fingerprint density at radius 2 is 2.10 bits per heavy atom. The highest BCUT2D eigenvalue weighted by atomic mass is 16.5. The molecular weight excluding hydrogens is 252 g/mol. The number of ether oxygens (including phenoxy) is 1. The van der Waals surface area contributed by atoms with Crippen LogP contribution in [0.2, 0.25) is 0 Å². The lowest BCUT2D eigenvalue weighted by molar-refractivity contribution is 0.0852. The lowest BCUT2D eigenvalue weighted by Gasteiger charge is -2.33. The summed E-state index contributed by atoms with van der Waals surface area (Å²) >= 11 is 0. The molecule has 0 unspecified atom stereocenters. The number of aromatic nitrogens is 2. The van der Waals surface area contributed by atoms with E-state index in [1.807, 2.05) is 11.7 Å². The summed E-state index contributed by atoms with van der Waals surface area (Å²) in [6, 6.07) is 0.559. The van der Waals surface area contributed by atoms with Crippen molar-refractivity contribution >= 4 is 5.82 Å². The third-order valence-corrected chi connectivity index (χ3v) is 4.11. The van der Waals surface area contributed by atoms with Gasteiger partial charge in [0.2, 0.25) is 0 Å². The normalized spacial score (nSPS) is 16.6. The van der Waals surface area contributed by atoms with E-state index in [4.69, 9.17) is 4.74 Å². The van der Waals surface area contributed by atoms with Crippen LogP contribution in [0.4, 0.5) is 5.82 Å². The molecule has 1 fully saturated rings. The van der Waals surface area contributed by atoms with Gasteiger partial charge in [-0.3, -0.25) is 4.68 Å². The third kappa shape index (κ3) is 3.33. The molecule has 0 bridgehead atoms. The average molecular weight is 280 g/mol. The maximum atomic E-state index is 5.47. The van der Waals surface area contributed by atoms with Crippen LogP contribution in [0, 0.1) is 6.92 Å². The highest BCUT2D eigenvalue weighted by Gasteiger charge is 2.24. The number of nitrogens with one attached hydrogen (secondary N) is 1. The topological polar surface area (TPSA) is 42.3 Å². The Bertz CT molecular complexity index is 424. The van der Waals surface area contributed by atoms with Crippen molar-refractivity contribution in [3.05, 3.63) is 11.3 Å². The first-order valence-electron chi connectivity index (χ1n) is 7.69. The van der Waals surface area contributed by atoms with E-state index in [-0.39, 0.29) is 0 Å². The Morgan fingerprint density at radius 3 is 2.75 bits per heavy atom. The minimum Gasteiger partial charge on any atom is -0.381 e. The van der Waals surface area contributed by atoms with Crippen molar-refractivity contribution in [2.75, 3.05) is 31.7 Å². The van der Waals surface area contributed by atoms with Gasteiger partial charge >= 0.3 is 0 Å². The van der Waals surface area contributed by atoms with E-state index in [0.29, 0.717) is 6.04 Å². The van der Waals surface area contributed by atoms with Gasteiger partial charge in [-0.25, -0.2) is 0 Å². The molecule has 0 amide bonds. The van der Waals surface area contributed by atoms with Crippen molar-refractivity contribution in [3.8, 4) is 0 Å². The zero-order valence-corrected chi connectivity index (χ0v) is 13.3. The van der Waals surface area contributed by atoms with Crippen molar-refractivity contribution in [2.24, 2.45) is 7.05 Å². The number of nitrogens with zero attached hydrogens (tertiary/aromatic N) is 3. The molecular formula is C15H28N4O. The van der Waals surface area contributed by atoms with Gasteiger partial charge in [0.25, 0.3) is 0 Å². The molecule has 5 heteroatoms. The van der Waals surface area contributed by atoms with E-state index < -0.39 is 0 Å². The summed E-state index contributed by atoms with van der Waals surface area (Å²) in [6.07, 6.45) is 3.36. The molecule has 0 aliphatic carbocycles. The van der Waals surface area contributed by atoms with Gasteiger partial charge in [-0.15, -0.1) is 0 Å². The first-order chi connectivity index (χ1) is 9.65. The largest absolute Gasteiger partial charge is 0.381 e. The molecule has 20 heavy (non-hydrogen) atoms. The number of anilines is 1. The molecule has 1 saturated heterocycles. The van der Waals surface area contributed by atoms with Crippen LogP contribution >= 0.6 is 0 Å². The molecule has 1 aromatic heterocycles. The second kappa shape index (κ2) is 7.09. The summed E-state index contributed by atoms with van der Waals surface area (Å²) in [5.74, 6) is 1.25. The zero-order chi connectivity index (χ0) is 14.5. The zero-order valence-electron chi connectivity index (χ0n) is 13.3. The second-order valence-electron chi connectivity index (χ2n) is 5.64. The van der Waals surface area contributed by atoms with Crippen molar-refractivity contribution in [1.82, 2.24) is 15.1 Å². The molecule has 0 spiro atoms. The minimum absolute atomic E-state index is 0.559. The Labute approximate surface area is 122 Å². The van der Waals surface area contributed by atoms with Crippen molar-refractivity contribution in [2.45, 2.75) is 45.7 Å². The second-order valence-corrected chi connectivity index (χ2v) is 5.64. The number of aryl methyl sites for hydroxylation is 2. The third-order valence-electron chi connectivity index (χ3n) is 4.11. The molecule has 2 heterocycles. The molecule has 1 aliphatic rings. The predicted octanol–water partition coefficient (Wildman–Crippen LogP) is 1.84. The van der Waals surface area contributed by atoms with E-state index in [1.54, 1.807) is 0 Å². The first kappa shape index (κ1) is 15.3. The van der Waals surface area contributed by atoms with Gasteiger partial charge in [0.15, 0.2) is 0 Å². The van der Waals surface area contributed by atoms with Crippen LogP contribution in [-0.2, 0) is 18.3 Å². The molecule has 0 saturated carbocycles. The van der Waals surface area contributed by atoms with Gasteiger partial charge in [-0.05, 0) is 32.7 Å². The summed E-state index contributed by atoms with van der Waals surface area (Å²) < 4.78 is 7.49. The van der Waals surface area contributed by atoms with Gasteiger partial charge < -0.3 is 15.0 Å². The smallest absolute Gasteiger partial charge is 0.131 e. The van der Waals surface area contributed by atoms with Gasteiger partial charge in [0, 0.05) is 45.5 Å². The summed E-state index contributed by atoms with van der Waals surface area (Å²) in [7, 11) is 4.23. The summed E-state index contributed by atoms with van der Waals surface area (Å²) in [4.78, 5) is 2.39. The first-order valence-corrected chi connectivity index (χ1v) is 7.69. The van der Waals surface area contributed by atoms with Crippen LogP contribution in [0.25, 0.3) is 0 Å². The molecule has 5 nitrogen and oxygen atoms in total. The summed E-state index contributed by atoms with van der Waals surface area (Å²) in [5, 5.41) is 8.11. The van der Waals surface area contributed by atoms with Crippen LogP contribution in [0.3, 0.4) is 0 Å². The Kier molecular flexibility index (Phi) is 5.43. The molecule has 2 rings (SSSR count). The van der Waals surface area contributed by atoms with Gasteiger partial charge in [0.1, 0.15) is 5.82 Å². The average Bonchev–Trinajstić information content (AvgIpc) is 2.74. The van der Waals surface area contributed by atoms with Gasteiger partial charge in [-0.1, -0.05) is 6.92 Å².